The smallest absolute Gasteiger partial charge is 0.352 e. The molecule has 1 rings (SSSR count). The molecule has 17 heavy (non-hydrogen) atoms. The average Bonchev–Trinajstić information content (AvgIpc) is 2.30. The van der Waals surface area contributed by atoms with E-state index in [2.05, 4.69) is 0 Å². The van der Waals surface area contributed by atoms with Crippen molar-refractivity contribution in [3.05, 3.63) is 28.8 Å². The van der Waals surface area contributed by atoms with Crippen molar-refractivity contribution in [3.63, 3.8) is 0 Å². The van der Waals surface area contributed by atoms with Crippen LogP contribution in [0.5, 0.6) is 0 Å². The van der Waals surface area contributed by atoms with Gasteiger partial charge in [-0.3, -0.25) is 5.01 Å². The zero-order valence-electron chi connectivity index (χ0n) is 9.68. The molecule has 0 saturated carbocycles. The van der Waals surface area contributed by atoms with Crippen LogP contribution in [0.1, 0.15) is 5.56 Å². The molecule has 1 aromatic carbocycles. The number of nitrogens with two attached hydrogens (primary N) is 2. The summed E-state index contributed by atoms with van der Waals surface area (Å²) in [7, 11) is 2.94. The minimum Gasteiger partial charge on any atom is -0.380 e. The van der Waals surface area contributed by atoms with Gasteiger partial charge in [0.2, 0.25) is 0 Å². The molecule has 1 aromatic rings. The van der Waals surface area contributed by atoms with Gasteiger partial charge in [-0.25, -0.2) is 21.5 Å². The lowest BCUT2D eigenvalue weighted by Crippen LogP contribution is -2.49. The zero-order valence-corrected chi connectivity index (χ0v) is 10.4. The molecule has 0 heterocycles. The Morgan fingerprint density at radius 3 is 2.65 bits per heavy atom. The second-order valence-corrected chi connectivity index (χ2v) is 3.84. The van der Waals surface area contributed by atoms with Gasteiger partial charge in [0, 0.05) is 24.7 Å². The van der Waals surface area contributed by atoms with Crippen LogP contribution >= 0.6 is 11.6 Å². The molecule has 0 fully saturated rings. The van der Waals surface area contributed by atoms with Crippen LogP contribution in [0.25, 0.3) is 0 Å². The molecule has 0 aliphatic heterocycles. The Kier molecular flexibility index (Phi) is 4.71. The fraction of sp³-hybridized carbons (Fsp3) is 0.300. The van der Waals surface area contributed by atoms with Gasteiger partial charge in [-0.15, -0.1) is 0 Å². The fourth-order valence-electron chi connectivity index (χ4n) is 1.33. The van der Waals surface area contributed by atoms with Gasteiger partial charge in [-0.05, 0) is 12.1 Å². The Morgan fingerprint density at radius 1 is 1.47 bits per heavy atom. The first-order valence-corrected chi connectivity index (χ1v) is 5.20. The van der Waals surface area contributed by atoms with Crippen LogP contribution in [-0.2, 0) is 11.3 Å². The summed E-state index contributed by atoms with van der Waals surface area (Å²) in [5.74, 6) is 11.0. The number of rotatable bonds is 3. The Hall–Kier alpha value is -1.34. The first-order chi connectivity index (χ1) is 7.99. The van der Waals surface area contributed by atoms with E-state index in [9.17, 15) is 4.79 Å². The largest absolute Gasteiger partial charge is 0.380 e. The van der Waals surface area contributed by atoms with Crippen LogP contribution in [0.15, 0.2) is 18.2 Å². The van der Waals surface area contributed by atoms with Gasteiger partial charge in [0.05, 0.1) is 12.3 Å². The summed E-state index contributed by atoms with van der Waals surface area (Å²) in [5.41, 5.74) is 1.09. The van der Waals surface area contributed by atoms with Crippen LogP contribution in [-0.4, -0.2) is 25.2 Å². The zero-order chi connectivity index (χ0) is 13.0. The number of benzene rings is 1. The number of nitrogens with zero attached hydrogens (tertiary/aromatic N) is 2. The van der Waals surface area contributed by atoms with Crippen LogP contribution in [0.4, 0.5) is 10.5 Å². The van der Waals surface area contributed by atoms with Gasteiger partial charge in [0.1, 0.15) is 0 Å². The van der Waals surface area contributed by atoms with Gasteiger partial charge in [-0.1, -0.05) is 17.7 Å². The molecule has 94 valence electrons. The molecule has 0 saturated heterocycles. The Morgan fingerprint density at radius 2 is 2.12 bits per heavy atom. The average molecular weight is 259 g/mol. The lowest BCUT2D eigenvalue weighted by atomic mass is 10.2. The van der Waals surface area contributed by atoms with Crippen LogP contribution in [0, 0.1) is 0 Å². The van der Waals surface area contributed by atoms with Crippen molar-refractivity contribution in [2.45, 2.75) is 6.61 Å². The Labute approximate surface area is 105 Å². The number of carbonyl (C=O) groups excluding carboxylic acids is 1. The molecule has 0 aromatic heterocycles. The van der Waals surface area contributed by atoms with Crippen LogP contribution < -0.4 is 16.7 Å². The molecule has 0 aliphatic carbocycles. The van der Waals surface area contributed by atoms with Crippen molar-refractivity contribution in [1.29, 1.82) is 0 Å². The van der Waals surface area contributed by atoms with Crippen molar-refractivity contribution in [3.8, 4) is 0 Å². The Bertz CT molecular complexity index is 411. The van der Waals surface area contributed by atoms with E-state index in [1.54, 1.807) is 18.2 Å². The highest BCUT2D eigenvalue weighted by atomic mass is 35.5. The van der Waals surface area contributed by atoms with Gasteiger partial charge < -0.3 is 4.74 Å². The molecule has 0 spiro atoms. The van der Waals surface area contributed by atoms with Gasteiger partial charge in [0.25, 0.3) is 0 Å². The summed E-state index contributed by atoms with van der Waals surface area (Å²) in [6, 6.07) is 4.51. The highest BCUT2D eigenvalue weighted by molar-refractivity contribution is 6.31. The highest BCUT2D eigenvalue weighted by Gasteiger charge is 2.18. The summed E-state index contributed by atoms with van der Waals surface area (Å²) in [6.07, 6.45) is 0. The van der Waals surface area contributed by atoms with E-state index in [4.69, 9.17) is 28.0 Å². The van der Waals surface area contributed by atoms with E-state index in [1.165, 1.54) is 14.2 Å². The molecule has 0 unspecified atom stereocenters. The third-order valence-corrected chi connectivity index (χ3v) is 2.50. The second-order valence-electron chi connectivity index (χ2n) is 3.43. The topological polar surface area (TPSA) is 84.8 Å². The number of urea groups is 1. The predicted molar refractivity (Wildman–Crippen MR) is 66.2 cm³/mol. The van der Waals surface area contributed by atoms with Crippen molar-refractivity contribution < 1.29 is 9.53 Å². The van der Waals surface area contributed by atoms with E-state index in [-0.39, 0.29) is 6.61 Å². The van der Waals surface area contributed by atoms with Crippen molar-refractivity contribution in [1.82, 2.24) is 5.01 Å². The van der Waals surface area contributed by atoms with Gasteiger partial charge >= 0.3 is 6.03 Å². The molecule has 7 heteroatoms. The first-order valence-electron chi connectivity index (χ1n) is 4.82. The van der Waals surface area contributed by atoms with E-state index in [1.807, 2.05) is 0 Å². The van der Waals surface area contributed by atoms with Gasteiger partial charge in [0.15, 0.2) is 0 Å². The number of amides is 2. The van der Waals surface area contributed by atoms with Crippen molar-refractivity contribution in [2.75, 3.05) is 19.2 Å². The van der Waals surface area contributed by atoms with E-state index < -0.39 is 6.03 Å². The number of carbonyl (C=O) groups is 1. The summed E-state index contributed by atoms with van der Waals surface area (Å²) >= 11 is 6.02. The summed E-state index contributed by atoms with van der Waals surface area (Å²) < 4.78 is 5.02. The number of hydrogen-bond donors (Lipinski definition) is 2. The Balaban J connectivity index is 3.12. The normalized spacial score (nSPS) is 10.2. The second kappa shape index (κ2) is 5.83. The molecule has 0 aliphatic rings. The van der Waals surface area contributed by atoms with Crippen molar-refractivity contribution in [2.24, 2.45) is 11.7 Å². The predicted octanol–water partition coefficient (Wildman–Crippen LogP) is 1.09. The summed E-state index contributed by atoms with van der Waals surface area (Å²) in [6.45, 7) is 0.254. The molecule has 0 bridgehead atoms. The van der Waals surface area contributed by atoms with E-state index in [0.717, 1.165) is 10.0 Å². The SMILES string of the molecule is COCc1c(Cl)cccc1N(N)C(=O)N(C)N. The van der Waals surface area contributed by atoms with Gasteiger partial charge in [-0.2, -0.15) is 0 Å². The minimum absolute atomic E-state index is 0.254. The van der Waals surface area contributed by atoms with Crippen LogP contribution in [0.2, 0.25) is 5.02 Å². The summed E-state index contributed by atoms with van der Waals surface area (Å²) in [4.78, 5) is 11.6. The number of anilines is 1. The van der Waals surface area contributed by atoms with E-state index >= 15 is 0 Å². The quantitative estimate of drug-likeness (QED) is 0.483. The number of hydrogen-bond acceptors (Lipinski definition) is 4. The number of halogens is 1. The molecule has 2 amide bonds. The number of methoxy groups -OCH3 is 1. The summed E-state index contributed by atoms with van der Waals surface area (Å²) in [5, 5.41) is 2.30. The molecule has 0 radical (unpaired) electrons. The molecular weight excluding hydrogens is 244 g/mol. The standard InChI is InChI=1S/C10H15ClN4O2/c1-14(12)10(16)15(13)9-5-3-4-8(11)7(9)6-17-2/h3-5H,6,12-13H2,1-2H3. The monoisotopic (exact) mass is 258 g/mol. The lowest BCUT2D eigenvalue weighted by Gasteiger charge is -2.23. The third kappa shape index (κ3) is 3.07. The maximum atomic E-state index is 11.6. The van der Waals surface area contributed by atoms with Crippen molar-refractivity contribution >= 4 is 23.3 Å². The number of hydrazine groups is 2. The maximum absolute atomic E-state index is 11.6. The molecular formula is C10H15ClN4O2. The molecule has 6 nitrogen and oxygen atoms in total. The molecule has 4 N–H and O–H groups in total. The molecule has 0 atom stereocenters. The third-order valence-electron chi connectivity index (χ3n) is 2.15. The highest BCUT2D eigenvalue weighted by Crippen LogP contribution is 2.27. The fourth-order valence-corrected chi connectivity index (χ4v) is 1.56. The van der Waals surface area contributed by atoms with E-state index in [0.29, 0.717) is 16.3 Å². The minimum atomic E-state index is -0.551. The first kappa shape index (κ1) is 13.7. The maximum Gasteiger partial charge on any atom is 0.352 e. The number of ether oxygens (including phenoxy) is 1. The lowest BCUT2D eigenvalue weighted by molar-refractivity contribution is 0.185. The van der Waals surface area contributed by atoms with Crippen LogP contribution in [0.3, 0.4) is 0 Å².